The second kappa shape index (κ2) is 9.24. The molecule has 0 aliphatic heterocycles. The summed E-state index contributed by atoms with van der Waals surface area (Å²) in [6, 6.07) is 29.8. The Bertz CT molecular complexity index is 1670. The van der Waals surface area contributed by atoms with Gasteiger partial charge in [0.05, 0.1) is 5.39 Å². The molecule has 0 spiro atoms. The largest absolute Gasteiger partial charge is 0.456 e. The molecule has 5 aromatic rings. The fourth-order valence-electron chi connectivity index (χ4n) is 3.96. The minimum absolute atomic E-state index is 0.0631. The van der Waals surface area contributed by atoms with Gasteiger partial charge >= 0.3 is 10.1 Å². The van der Waals surface area contributed by atoms with Crippen molar-refractivity contribution >= 4 is 21.1 Å². The van der Waals surface area contributed by atoms with E-state index in [0.717, 1.165) is 11.1 Å². The van der Waals surface area contributed by atoms with Gasteiger partial charge in [-0.05, 0) is 37.3 Å². The fraction of sp³-hybridized carbons (Fsp3) is 0.0690. The van der Waals surface area contributed by atoms with Crippen LogP contribution in [0.1, 0.15) is 16.7 Å². The van der Waals surface area contributed by atoms with Crippen LogP contribution in [-0.4, -0.2) is 8.42 Å². The van der Waals surface area contributed by atoms with Gasteiger partial charge in [0.25, 0.3) is 0 Å². The molecule has 0 saturated carbocycles. The maximum atomic E-state index is 13.6. The Balaban J connectivity index is 1.61. The number of aryl methyl sites for hydroxylation is 1. The molecule has 1 aromatic heterocycles. The summed E-state index contributed by atoms with van der Waals surface area (Å²) in [4.78, 5) is 13.6. The first-order valence-electron chi connectivity index (χ1n) is 11.1. The molecule has 0 aliphatic rings. The Hall–Kier alpha value is -4.16. The zero-order valence-corrected chi connectivity index (χ0v) is 19.8. The normalized spacial score (nSPS) is 11.5. The Morgan fingerprint density at radius 2 is 1.43 bits per heavy atom. The minimum Gasteiger partial charge on any atom is -0.456 e. The lowest BCUT2D eigenvalue weighted by Gasteiger charge is -2.14. The van der Waals surface area contributed by atoms with Gasteiger partial charge in [-0.2, -0.15) is 8.42 Å². The molecule has 0 saturated heterocycles. The van der Waals surface area contributed by atoms with Gasteiger partial charge in [-0.15, -0.1) is 0 Å². The Kier molecular flexibility index (Phi) is 5.97. The molecule has 6 heteroatoms. The van der Waals surface area contributed by atoms with Gasteiger partial charge in [0, 0.05) is 23.1 Å². The molecule has 0 atom stereocenters. The van der Waals surface area contributed by atoms with Crippen LogP contribution in [0.5, 0.6) is 5.75 Å². The summed E-state index contributed by atoms with van der Waals surface area (Å²) in [7, 11) is -4.05. The number of hydrogen-bond acceptors (Lipinski definition) is 5. The summed E-state index contributed by atoms with van der Waals surface area (Å²) >= 11 is 0. The molecule has 174 valence electrons. The molecule has 0 radical (unpaired) electrons. The van der Waals surface area contributed by atoms with Gasteiger partial charge in [-0.25, -0.2) is 0 Å². The van der Waals surface area contributed by atoms with E-state index in [1.165, 1.54) is 12.1 Å². The monoisotopic (exact) mass is 482 g/mol. The number of fused-ring (bicyclic) bond motifs is 1. The van der Waals surface area contributed by atoms with Crippen LogP contribution in [-0.2, 0) is 16.5 Å². The summed E-state index contributed by atoms with van der Waals surface area (Å²) in [5, 5.41) is 0.466. The lowest BCUT2D eigenvalue weighted by molar-refractivity contribution is 0.483. The molecule has 0 bridgehead atoms. The van der Waals surface area contributed by atoms with Crippen molar-refractivity contribution in [3.8, 4) is 17.1 Å². The molecular weight excluding hydrogens is 460 g/mol. The average molecular weight is 483 g/mol. The van der Waals surface area contributed by atoms with Gasteiger partial charge in [0.15, 0.2) is 5.43 Å². The van der Waals surface area contributed by atoms with E-state index in [4.69, 9.17) is 8.60 Å². The maximum Gasteiger partial charge on any atom is 0.339 e. The van der Waals surface area contributed by atoms with Crippen LogP contribution in [0.25, 0.3) is 22.3 Å². The van der Waals surface area contributed by atoms with Crippen LogP contribution >= 0.6 is 0 Å². The highest BCUT2D eigenvalue weighted by Crippen LogP contribution is 2.31. The predicted molar refractivity (Wildman–Crippen MR) is 136 cm³/mol. The fourth-order valence-corrected chi connectivity index (χ4v) is 4.92. The van der Waals surface area contributed by atoms with Gasteiger partial charge < -0.3 is 8.60 Å². The van der Waals surface area contributed by atoms with E-state index in [9.17, 15) is 13.2 Å². The van der Waals surface area contributed by atoms with Crippen LogP contribution in [0, 0.1) is 6.92 Å². The second-order valence-corrected chi connectivity index (χ2v) is 9.78. The standard InChI is InChI=1S/C29H22O5S/c1-20-15-17-23(18-16-20)35(31,32)34-26-13-7-5-11-22(26)19-25-28(30)24-12-6-8-14-27(24)33-29(25)21-9-3-2-4-10-21/h2-18H,19H2,1H3. The third kappa shape index (κ3) is 4.61. The van der Waals surface area contributed by atoms with Crippen LogP contribution < -0.4 is 9.61 Å². The first-order valence-corrected chi connectivity index (χ1v) is 12.5. The summed E-state index contributed by atoms with van der Waals surface area (Å²) in [6.45, 7) is 1.88. The van der Waals surface area contributed by atoms with E-state index >= 15 is 0 Å². The highest BCUT2D eigenvalue weighted by molar-refractivity contribution is 7.87. The molecular formula is C29H22O5S. The SMILES string of the molecule is Cc1ccc(S(=O)(=O)Oc2ccccc2Cc2c(-c3ccccc3)oc3ccccc3c2=O)cc1. The molecule has 0 amide bonds. The van der Waals surface area contributed by atoms with E-state index in [0.29, 0.717) is 27.9 Å². The van der Waals surface area contributed by atoms with E-state index in [1.807, 2.05) is 43.3 Å². The third-order valence-electron chi connectivity index (χ3n) is 5.78. The van der Waals surface area contributed by atoms with Crippen molar-refractivity contribution in [3.63, 3.8) is 0 Å². The van der Waals surface area contributed by atoms with Gasteiger partial charge in [-0.3, -0.25) is 4.79 Å². The minimum atomic E-state index is -4.05. The Labute approximate surface area is 203 Å². The van der Waals surface area contributed by atoms with Gasteiger partial charge in [0.2, 0.25) is 0 Å². The molecule has 5 rings (SSSR count). The van der Waals surface area contributed by atoms with Crippen molar-refractivity contribution < 1.29 is 17.0 Å². The highest BCUT2D eigenvalue weighted by Gasteiger charge is 2.21. The first kappa shape index (κ1) is 22.6. The molecule has 1 heterocycles. The van der Waals surface area contributed by atoms with Crippen molar-refractivity contribution in [2.45, 2.75) is 18.2 Å². The van der Waals surface area contributed by atoms with E-state index in [1.54, 1.807) is 54.6 Å². The lowest BCUT2D eigenvalue weighted by atomic mass is 9.98. The molecule has 4 aromatic carbocycles. The molecule has 0 unspecified atom stereocenters. The summed E-state index contributed by atoms with van der Waals surface area (Å²) < 4.78 is 37.6. The molecule has 35 heavy (non-hydrogen) atoms. The number of benzene rings is 4. The average Bonchev–Trinajstić information content (AvgIpc) is 2.87. The molecule has 0 aliphatic carbocycles. The van der Waals surface area contributed by atoms with Crippen molar-refractivity contribution in [2.75, 3.05) is 0 Å². The topological polar surface area (TPSA) is 73.6 Å². The van der Waals surface area contributed by atoms with Crippen molar-refractivity contribution in [1.29, 1.82) is 0 Å². The molecule has 0 N–H and O–H groups in total. The third-order valence-corrected chi connectivity index (χ3v) is 7.03. The second-order valence-electron chi connectivity index (χ2n) is 8.24. The predicted octanol–water partition coefficient (Wildman–Crippen LogP) is 6.13. The summed E-state index contributed by atoms with van der Waals surface area (Å²) in [5.74, 6) is 0.616. The first-order chi connectivity index (χ1) is 16.9. The van der Waals surface area contributed by atoms with Crippen LogP contribution in [0.2, 0.25) is 0 Å². The lowest BCUT2D eigenvalue weighted by Crippen LogP contribution is -2.14. The van der Waals surface area contributed by atoms with Crippen molar-refractivity contribution in [2.24, 2.45) is 0 Å². The zero-order chi connectivity index (χ0) is 24.4. The van der Waals surface area contributed by atoms with Crippen molar-refractivity contribution in [1.82, 2.24) is 0 Å². The zero-order valence-electron chi connectivity index (χ0n) is 19.0. The summed E-state index contributed by atoms with van der Waals surface area (Å²) in [5.41, 5.74) is 3.02. The number of para-hydroxylation sites is 2. The number of rotatable bonds is 6. The highest BCUT2D eigenvalue weighted by atomic mass is 32.2. The summed E-state index contributed by atoms with van der Waals surface area (Å²) in [6.07, 6.45) is 0.136. The smallest absolute Gasteiger partial charge is 0.339 e. The van der Waals surface area contributed by atoms with E-state index < -0.39 is 10.1 Å². The van der Waals surface area contributed by atoms with Crippen molar-refractivity contribution in [3.05, 3.63) is 130 Å². The maximum absolute atomic E-state index is 13.6. The Morgan fingerprint density at radius 3 is 2.20 bits per heavy atom. The van der Waals surface area contributed by atoms with E-state index in [2.05, 4.69) is 0 Å². The van der Waals surface area contributed by atoms with Crippen LogP contribution in [0.4, 0.5) is 0 Å². The molecule has 5 nitrogen and oxygen atoms in total. The molecule has 0 fully saturated rings. The Morgan fingerprint density at radius 1 is 0.771 bits per heavy atom. The van der Waals surface area contributed by atoms with Gasteiger partial charge in [0.1, 0.15) is 22.0 Å². The van der Waals surface area contributed by atoms with E-state index in [-0.39, 0.29) is 22.5 Å². The van der Waals surface area contributed by atoms with Crippen LogP contribution in [0.3, 0.4) is 0 Å². The quantitative estimate of drug-likeness (QED) is 0.272. The van der Waals surface area contributed by atoms with Crippen LogP contribution in [0.15, 0.2) is 117 Å². The number of hydrogen-bond donors (Lipinski definition) is 0. The van der Waals surface area contributed by atoms with Gasteiger partial charge in [-0.1, -0.05) is 78.4 Å².